The first-order chi connectivity index (χ1) is 10.6. The van der Waals surface area contributed by atoms with Crippen LogP contribution in [0.2, 0.25) is 0 Å². The van der Waals surface area contributed by atoms with Gasteiger partial charge in [-0.05, 0) is 35.7 Å². The normalized spacial score (nSPS) is 11.7. The molecular formula is C16H15F3N2O2. The third-order valence-corrected chi connectivity index (χ3v) is 3.56. The van der Waals surface area contributed by atoms with Gasteiger partial charge in [0.2, 0.25) is 0 Å². The van der Waals surface area contributed by atoms with Crippen LogP contribution in [0, 0.1) is 10.1 Å². The van der Waals surface area contributed by atoms with Gasteiger partial charge in [0.1, 0.15) is 0 Å². The Hall–Kier alpha value is -2.57. The number of nitrogen functional groups attached to an aromatic ring is 1. The topological polar surface area (TPSA) is 69.2 Å². The lowest BCUT2D eigenvalue weighted by Crippen LogP contribution is -2.06. The molecule has 122 valence electrons. The molecule has 0 bridgehead atoms. The summed E-state index contributed by atoms with van der Waals surface area (Å²) in [5, 5.41) is 11.2. The summed E-state index contributed by atoms with van der Waals surface area (Å²) in [4.78, 5) is 10.4. The van der Waals surface area contributed by atoms with Gasteiger partial charge in [0.05, 0.1) is 16.1 Å². The lowest BCUT2D eigenvalue weighted by Gasteiger charge is -2.13. The van der Waals surface area contributed by atoms with Gasteiger partial charge in [-0.15, -0.1) is 0 Å². The second-order valence-corrected chi connectivity index (χ2v) is 5.49. The number of nitrogens with zero attached hydrogens (tertiary/aromatic N) is 1. The molecule has 7 heteroatoms. The number of nitrogens with two attached hydrogens (primary N) is 1. The van der Waals surface area contributed by atoms with Crippen LogP contribution in [0.5, 0.6) is 0 Å². The van der Waals surface area contributed by atoms with Crippen LogP contribution in [-0.2, 0) is 6.18 Å². The largest absolute Gasteiger partial charge is 0.416 e. The third-order valence-electron chi connectivity index (χ3n) is 3.56. The third kappa shape index (κ3) is 3.44. The predicted octanol–water partition coefficient (Wildman–Crippen LogP) is 4.99. The van der Waals surface area contributed by atoms with Crippen LogP contribution in [0.3, 0.4) is 0 Å². The van der Waals surface area contributed by atoms with Crippen LogP contribution in [0.15, 0.2) is 36.4 Å². The van der Waals surface area contributed by atoms with Gasteiger partial charge in [0.25, 0.3) is 5.69 Å². The molecule has 2 aromatic rings. The van der Waals surface area contributed by atoms with Crippen molar-refractivity contribution in [3.63, 3.8) is 0 Å². The molecule has 2 rings (SSSR count). The molecule has 0 saturated heterocycles. The maximum atomic E-state index is 12.8. The van der Waals surface area contributed by atoms with Crippen molar-refractivity contribution in [3.05, 3.63) is 57.6 Å². The van der Waals surface area contributed by atoms with E-state index < -0.39 is 22.4 Å². The number of anilines is 1. The molecule has 0 aromatic heterocycles. The summed E-state index contributed by atoms with van der Waals surface area (Å²) in [5.74, 6) is 0.155. The van der Waals surface area contributed by atoms with E-state index in [-0.39, 0.29) is 17.2 Å². The fourth-order valence-corrected chi connectivity index (χ4v) is 2.25. The lowest BCUT2D eigenvalue weighted by molar-refractivity contribution is -0.384. The summed E-state index contributed by atoms with van der Waals surface area (Å²) < 4.78 is 38.3. The van der Waals surface area contributed by atoms with Gasteiger partial charge in [0.15, 0.2) is 0 Å². The Labute approximate surface area is 130 Å². The molecule has 0 unspecified atom stereocenters. The zero-order valence-corrected chi connectivity index (χ0v) is 12.5. The molecule has 0 saturated carbocycles. The minimum atomic E-state index is -4.64. The van der Waals surface area contributed by atoms with E-state index in [2.05, 4.69) is 0 Å². The molecule has 2 aromatic carbocycles. The molecule has 0 aliphatic rings. The Balaban J connectivity index is 2.69. The van der Waals surface area contributed by atoms with Gasteiger partial charge in [-0.3, -0.25) is 10.1 Å². The molecule has 0 aliphatic carbocycles. The van der Waals surface area contributed by atoms with E-state index in [1.807, 2.05) is 13.8 Å². The molecule has 0 spiro atoms. The van der Waals surface area contributed by atoms with Gasteiger partial charge in [-0.1, -0.05) is 19.9 Å². The molecule has 0 fully saturated rings. The highest BCUT2D eigenvalue weighted by molar-refractivity contribution is 5.83. The molecule has 23 heavy (non-hydrogen) atoms. The zero-order chi connectivity index (χ0) is 17.4. The first-order valence-electron chi connectivity index (χ1n) is 6.86. The number of benzene rings is 2. The Bertz CT molecular complexity index is 755. The Morgan fingerprint density at radius 2 is 1.74 bits per heavy atom. The average molecular weight is 324 g/mol. The lowest BCUT2D eigenvalue weighted by atomic mass is 9.94. The van der Waals surface area contributed by atoms with E-state index >= 15 is 0 Å². The molecule has 0 amide bonds. The monoisotopic (exact) mass is 324 g/mol. The van der Waals surface area contributed by atoms with E-state index in [1.165, 1.54) is 0 Å². The second kappa shape index (κ2) is 5.91. The number of hydrogen-bond acceptors (Lipinski definition) is 3. The van der Waals surface area contributed by atoms with Crippen molar-refractivity contribution in [1.29, 1.82) is 0 Å². The van der Waals surface area contributed by atoms with Crippen molar-refractivity contribution in [2.75, 3.05) is 5.73 Å². The first-order valence-corrected chi connectivity index (χ1v) is 6.86. The Morgan fingerprint density at radius 1 is 1.09 bits per heavy atom. The number of alkyl halides is 3. The number of hydrogen-bond donors (Lipinski definition) is 1. The predicted molar refractivity (Wildman–Crippen MR) is 82.0 cm³/mol. The summed E-state index contributed by atoms with van der Waals surface area (Å²) in [6.07, 6.45) is -4.64. The maximum absolute atomic E-state index is 12.8. The van der Waals surface area contributed by atoms with E-state index in [1.54, 1.807) is 18.2 Å². The molecule has 0 atom stereocenters. The molecule has 4 nitrogen and oxygen atoms in total. The number of halogens is 3. The zero-order valence-electron chi connectivity index (χ0n) is 12.5. The van der Waals surface area contributed by atoms with Crippen molar-refractivity contribution in [2.45, 2.75) is 25.9 Å². The Kier molecular flexibility index (Phi) is 4.31. The highest BCUT2D eigenvalue weighted by Crippen LogP contribution is 2.39. The quantitative estimate of drug-likeness (QED) is 0.491. The van der Waals surface area contributed by atoms with Crippen LogP contribution >= 0.6 is 0 Å². The number of nitro benzene ring substituents is 1. The van der Waals surface area contributed by atoms with Crippen molar-refractivity contribution >= 4 is 11.4 Å². The fraction of sp³-hybridized carbons (Fsp3) is 0.250. The number of nitro groups is 1. The van der Waals surface area contributed by atoms with E-state index in [9.17, 15) is 23.3 Å². The molecule has 0 aliphatic heterocycles. The van der Waals surface area contributed by atoms with Gasteiger partial charge in [-0.25, -0.2) is 0 Å². The molecule has 0 heterocycles. The van der Waals surface area contributed by atoms with Crippen molar-refractivity contribution < 1.29 is 18.1 Å². The van der Waals surface area contributed by atoms with Crippen molar-refractivity contribution in [3.8, 4) is 11.1 Å². The van der Waals surface area contributed by atoms with Crippen LogP contribution in [0.4, 0.5) is 24.5 Å². The van der Waals surface area contributed by atoms with Crippen LogP contribution in [0.25, 0.3) is 11.1 Å². The van der Waals surface area contributed by atoms with Crippen molar-refractivity contribution in [2.24, 2.45) is 0 Å². The van der Waals surface area contributed by atoms with Crippen LogP contribution in [-0.4, -0.2) is 4.92 Å². The molecular weight excluding hydrogens is 309 g/mol. The SMILES string of the molecule is CC(C)c1ccc(N)c(-c2ccc(C(F)(F)F)cc2[N+](=O)[O-])c1. The average Bonchev–Trinajstić information content (AvgIpc) is 2.45. The minimum Gasteiger partial charge on any atom is -0.398 e. The second-order valence-electron chi connectivity index (χ2n) is 5.49. The fourth-order valence-electron chi connectivity index (χ4n) is 2.25. The van der Waals surface area contributed by atoms with Gasteiger partial charge in [-0.2, -0.15) is 13.2 Å². The highest BCUT2D eigenvalue weighted by Gasteiger charge is 2.33. The molecule has 2 N–H and O–H groups in total. The summed E-state index contributed by atoms with van der Waals surface area (Å²) in [6.45, 7) is 3.88. The van der Waals surface area contributed by atoms with Crippen LogP contribution in [0.1, 0.15) is 30.9 Å². The van der Waals surface area contributed by atoms with Crippen molar-refractivity contribution in [1.82, 2.24) is 0 Å². The summed E-state index contributed by atoms with van der Waals surface area (Å²) >= 11 is 0. The van der Waals surface area contributed by atoms with Gasteiger partial charge >= 0.3 is 6.18 Å². The van der Waals surface area contributed by atoms with E-state index in [4.69, 9.17) is 5.73 Å². The van der Waals surface area contributed by atoms with Gasteiger partial charge < -0.3 is 5.73 Å². The summed E-state index contributed by atoms with van der Waals surface area (Å²) in [7, 11) is 0. The highest BCUT2D eigenvalue weighted by atomic mass is 19.4. The Morgan fingerprint density at radius 3 is 2.26 bits per heavy atom. The number of rotatable bonds is 3. The van der Waals surface area contributed by atoms with Gasteiger partial charge in [0, 0.05) is 17.3 Å². The molecule has 0 radical (unpaired) electrons. The maximum Gasteiger partial charge on any atom is 0.416 e. The summed E-state index contributed by atoms with van der Waals surface area (Å²) in [5.41, 5.74) is 5.79. The smallest absolute Gasteiger partial charge is 0.398 e. The standard InChI is InChI=1S/C16H15F3N2O2/c1-9(2)10-3-6-14(20)13(7-10)12-5-4-11(16(17,18)19)8-15(12)21(22)23/h3-9H,20H2,1-2H3. The van der Waals surface area contributed by atoms with E-state index in [0.717, 1.165) is 17.7 Å². The van der Waals surface area contributed by atoms with E-state index in [0.29, 0.717) is 11.6 Å². The summed E-state index contributed by atoms with van der Waals surface area (Å²) in [6, 6.07) is 7.53. The van der Waals surface area contributed by atoms with Crippen LogP contribution < -0.4 is 5.73 Å². The minimum absolute atomic E-state index is 0.0722. The first kappa shape index (κ1) is 16.8.